The number of nitrogens with two attached hydrogens (primary N) is 1. The maximum Gasteiger partial charge on any atom is 0.326 e. The summed E-state index contributed by atoms with van der Waals surface area (Å²) in [5.74, 6) is -3.29. The monoisotopic (exact) mass is 458 g/mol. The fraction of sp³-hybridized carbons (Fsp3) is 0.409. The van der Waals surface area contributed by atoms with Crippen LogP contribution in [0, 0.1) is 5.92 Å². The van der Waals surface area contributed by atoms with E-state index in [-0.39, 0.29) is 25.3 Å². The van der Waals surface area contributed by atoms with E-state index in [1.54, 1.807) is 44.3 Å². The molecule has 0 spiro atoms. The standard InChI is InChI=1S/C22H30N6O5/c1-13(2)19(22(32)33)28-21(31)17(8-14-6-4-3-5-7-14)27-18(29)11-25-20(30)16(23)9-15-10-24-12-26-15/h3-7,10,12-13,16-17,19H,8-9,11,23H2,1-2H3,(H,24,26)(H,25,30)(H,27,29)(H,28,31)(H,32,33). The Morgan fingerprint density at radius 1 is 1.06 bits per heavy atom. The molecule has 2 aromatic rings. The number of carboxylic acid groups (broad SMARTS) is 1. The maximum absolute atomic E-state index is 12.8. The lowest BCUT2D eigenvalue weighted by Crippen LogP contribution is -2.55. The van der Waals surface area contributed by atoms with E-state index in [0.717, 1.165) is 5.56 Å². The molecule has 2 rings (SSSR count). The summed E-state index contributed by atoms with van der Waals surface area (Å²) in [6.45, 7) is 2.96. The van der Waals surface area contributed by atoms with Gasteiger partial charge in [0.1, 0.15) is 12.1 Å². The van der Waals surface area contributed by atoms with Gasteiger partial charge in [-0.1, -0.05) is 44.2 Å². The van der Waals surface area contributed by atoms with Crippen LogP contribution in [-0.2, 0) is 32.0 Å². The summed E-state index contributed by atoms with van der Waals surface area (Å²) in [6.07, 6.45) is 3.39. The van der Waals surface area contributed by atoms with Gasteiger partial charge in [0.2, 0.25) is 17.7 Å². The zero-order chi connectivity index (χ0) is 24.4. The minimum atomic E-state index is -1.17. The quantitative estimate of drug-likeness (QED) is 0.244. The molecule has 1 aromatic heterocycles. The van der Waals surface area contributed by atoms with E-state index >= 15 is 0 Å². The Morgan fingerprint density at radius 2 is 1.76 bits per heavy atom. The van der Waals surface area contributed by atoms with Gasteiger partial charge in [-0.2, -0.15) is 0 Å². The maximum atomic E-state index is 12.8. The lowest BCUT2D eigenvalue weighted by atomic mass is 10.0. The Labute approximate surface area is 191 Å². The SMILES string of the molecule is CC(C)C(NC(=O)C(Cc1ccccc1)NC(=O)CNC(=O)C(N)Cc1cnc[nH]1)C(=O)O. The summed E-state index contributed by atoms with van der Waals surface area (Å²) in [6, 6.07) is 5.97. The van der Waals surface area contributed by atoms with Gasteiger partial charge in [0.25, 0.3) is 0 Å². The average molecular weight is 459 g/mol. The Hall–Kier alpha value is -3.73. The highest BCUT2D eigenvalue weighted by molar-refractivity contribution is 5.92. The number of nitrogens with one attached hydrogen (secondary N) is 4. The summed E-state index contributed by atoms with van der Waals surface area (Å²) in [4.78, 5) is 55.6. The van der Waals surface area contributed by atoms with Crippen molar-refractivity contribution in [2.24, 2.45) is 11.7 Å². The number of hydrogen-bond donors (Lipinski definition) is 6. The van der Waals surface area contributed by atoms with Crippen molar-refractivity contribution in [3.05, 3.63) is 54.1 Å². The summed E-state index contributed by atoms with van der Waals surface area (Å²) in [5.41, 5.74) is 7.30. The number of rotatable bonds is 12. The molecule has 7 N–H and O–H groups in total. The number of aromatic nitrogens is 2. The van der Waals surface area contributed by atoms with Crippen LogP contribution in [-0.4, -0.2) is 63.4 Å². The largest absolute Gasteiger partial charge is 0.480 e. The number of nitrogens with zero attached hydrogens (tertiary/aromatic N) is 1. The second kappa shape index (κ2) is 12.3. The van der Waals surface area contributed by atoms with E-state index in [2.05, 4.69) is 25.9 Å². The number of H-pyrrole nitrogens is 1. The minimum Gasteiger partial charge on any atom is -0.480 e. The number of benzene rings is 1. The summed E-state index contributed by atoms with van der Waals surface area (Å²) in [7, 11) is 0. The van der Waals surface area contributed by atoms with E-state index in [1.165, 1.54) is 6.33 Å². The zero-order valence-electron chi connectivity index (χ0n) is 18.6. The molecule has 0 aliphatic heterocycles. The Morgan fingerprint density at radius 3 is 2.33 bits per heavy atom. The van der Waals surface area contributed by atoms with Crippen LogP contribution in [0.25, 0.3) is 0 Å². The summed E-state index contributed by atoms with van der Waals surface area (Å²) in [5, 5.41) is 16.9. The van der Waals surface area contributed by atoms with E-state index in [9.17, 15) is 24.3 Å². The van der Waals surface area contributed by atoms with Gasteiger partial charge >= 0.3 is 5.97 Å². The number of carboxylic acids is 1. The summed E-state index contributed by atoms with van der Waals surface area (Å²) >= 11 is 0. The topological polar surface area (TPSA) is 179 Å². The Balaban J connectivity index is 1.99. The van der Waals surface area contributed by atoms with Gasteiger partial charge in [0, 0.05) is 24.7 Å². The van der Waals surface area contributed by atoms with Crippen molar-refractivity contribution in [2.45, 2.75) is 44.8 Å². The molecule has 3 atom stereocenters. The molecular weight excluding hydrogens is 428 g/mol. The molecule has 3 amide bonds. The highest BCUT2D eigenvalue weighted by atomic mass is 16.4. The van der Waals surface area contributed by atoms with Gasteiger partial charge in [0.05, 0.1) is 18.9 Å². The fourth-order valence-corrected chi connectivity index (χ4v) is 3.10. The molecule has 0 radical (unpaired) electrons. The predicted octanol–water partition coefficient (Wildman–Crippen LogP) is -0.651. The molecule has 0 aliphatic rings. The van der Waals surface area contributed by atoms with Gasteiger partial charge in [-0.05, 0) is 11.5 Å². The van der Waals surface area contributed by atoms with E-state index in [0.29, 0.717) is 5.69 Å². The molecule has 0 aliphatic carbocycles. The van der Waals surface area contributed by atoms with Gasteiger partial charge in [-0.15, -0.1) is 0 Å². The number of imidazole rings is 1. The number of aromatic amines is 1. The number of carbonyl (C=O) groups excluding carboxylic acids is 3. The Kier molecular flexibility index (Phi) is 9.55. The number of hydrogen-bond acceptors (Lipinski definition) is 6. The lowest BCUT2D eigenvalue weighted by molar-refractivity contribution is -0.143. The highest BCUT2D eigenvalue weighted by Crippen LogP contribution is 2.07. The van der Waals surface area contributed by atoms with Crippen molar-refractivity contribution in [2.75, 3.05) is 6.54 Å². The van der Waals surface area contributed by atoms with Crippen LogP contribution in [0.4, 0.5) is 0 Å². The third-order valence-corrected chi connectivity index (χ3v) is 4.92. The van der Waals surface area contributed by atoms with Crippen molar-refractivity contribution in [1.29, 1.82) is 0 Å². The van der Waals surface area contributed by atoms with Crippen molar-refractivity contribution in [3.8, 4) is 0 Å². The van der Waals surface area contributed by atoms with Crippen molar-refractivity contribution in [3.63, 3.8) is 0 Å². The molecule has 178 valence electrons. The number of carbonyl (C=O) groups is 4. The third kappa shape index (κ3) is 8.37. The van der Waals surface area contributed by atoms with Gasteiger partial charge in [-0.3, -0.25) is 14.4 Å². The second-order valence-electron chi connectivity index (χ2n) is 7.98. The van der Waals surface area contributed by atoms with Crippen LogP contribution < -0.4 is 21.7 Å². The molecule has 3 unspecified atom stereocenters. The lowest BCUT2D eigenvalue weighted by Gasteiger charge is -2.23. The van der Waals surface area contributed by atoms with Crippen LogP contribution in [0.15, 0.2) is 42.9 Å². The minimum absolute atomic E-state index is 0.149. The third-order valence-electron chi connectivity index (χ3n) is 4.92. The second-order valence-corrected chi connectivity index (χ2v) is 7.98. The van der Waals surface area contributed by atoms with Crippen LogP contribution in [0.2, 0.25) is 0 Å². The fourth-order valence-electron chi connectivity index (χ4n) is 3.10. The zero-order valence-corrected chi connectivity index (χ0v) is 18.6. The molecule has 11 heteroatoms. The van der Waals surface area contributed by atoms with Gasteiger partial charge < -0.3 is 31.8 Å². The van der Waals surface area contributed by atoms with Crippen LogP contribution in [0.1, 0.15) is 25.1 Å². The molecule has 0 bridgehead atoms. The van der Waals surface area contributed by atoms with Crippen LogP contribution >= 0.6 is 0 Å². The molecule has 0 saturated heterocycles. The van der Waals surface area contributed by atoms with Crippen LogP contribution in [0.5, 0.6) is 0 Å². The first-order valence-corrected chi connectivity index (χ1v) is 10.5. The first kappa shape index (κ1) is 25.5. The molecule has 1 heterocycles. The normalized spacial score (nSPS) is 13.6. The first-order chi connectivity index (χ1) is 15.7. The summed E-state index contributed by atoms with van der Waals surface area (Å²) < 4.78 is 0. The van der Waals surface area contributed by atoms with Gasteiger partial charge in [-0.25, -0.2) is 9.78 Å². The van der Waals surface area contributed by atoms with Crippen molar-refractivity contribution < 1.29 is 24.3 Å². The average Bonchev–Trinajstić information content (AvgIpc) is 3.28. The van der Waals surface area contributed by atoms with Crippen molar-refractivity contribution in [1.82, 2.24) is 25.9 Å². The smallest absolute Gasteiger partial charge is 0.326 e. The van der Waals surface area contributed by atoms with Crippen LogP contribution in [0.3, 0.4) is 0 Å². The predicted molar refractivity (Wildman–Crippen MR) is 120 cm³/mol. The molecule has 0 fully saturated rings. The highest BCUT2D eigenvalue weighted by Gasteiger charge is 2.28. The molecule has 33 heavy (non-hydrogen) atoms. The van der Waals surface area contributed by atoms with Gasteiger partial charge in [0.15, 0.2) is 0 Å². The number of aliphatic carboxylic acids is 1. The molecule has 11 nitrogen and oxygen atoms in total. The van der Waals surface area contributed by atoms with E-state index < -0.39 is 41.8 Å². The van der Waals surface area contributed by atoms with E-state index in [1.807, 2.05) is 6.07 Å². The molecule has 1 aromatic carbocycles. The Bertz CT molecular complexity index is 932. The van der Waals surface area contributed by atoms with Crippen molar-refractivity contribution >= 4 is 23.7 Å². The molecule has 0 saturated carbocycles. The van der Waals surface area contributed by atoms with E-state index in [4.69, 9.17) is 5.73 Å². The number of amides is 3. The first-order valence-electron chi connectivity index (χ1n) is 10.5. The molecular formula is C22H30N6O5.